The van der Waals surface area contributed by atoms with Crippen molar-refractivity contribution < 1.29 is 9.59 Å². The van der Waals surface area contributed by atoms with E-state index in [1.54, 1.807) is 29.3 Å². The zero-order valence-corrected chi connectivity index (χ0v) is 21.3. The lowest BCUT2D eigenvalue weighted by atomic mass is 9.84. The molecule has 2 fully saturated rings. The number of pyridine rings is 2. The Balaban J connectivity index is 1.48. The normalized spacial score (nSPS) is 16.5. The molecule has 8 nitrogen and oxygen atoms in total. The molecule has 2 N–H and O–H groups in total. The van der Waals surface area contributed by atoms with Gasteiger partial charge in [0.2, 0.25) is 5.91 Å². The second-order valence-corrected chi connectivity index (χ2v) is 11.0. The number of benzene rings is 1. The van der Waals surface area contributed by atoms with Crippen LogP contribution < -0.4 is 16.2 Å². The number of aromatic nitrogens is 2. The third-order valence-electron chi connectivity index (χ3n) is 6.76. The molecule has 188 valence electrons. The molecule has 2 amide bonds. The van der Waals surface area contributed by atoms with Crippen molar-refractivity contribution in [1.29, 1.82) is 0 Å². The molecule has 1 aromatic carbocycles. The van der Waals surface area contributed by atoms with Crippen molar-refractivity contribution >= 4 is 40.1 Å². The van der Waals surface area contributed by atoms with E-state index in [1.807, 2.05) is 18.2 Å². The van der Waals surface area contributed by atoms with Gasteiger partial charge < -0.3 is 15.5 Å². The van der Waals surface area contributed by atoms with Crippen LogP contribution in [0, 0.1) is 11.3 Å². The highest BCUT2D eigenvalue weighted by molar-refractivity contribution is 6.30. The number of carbonyl (C=O) groups is 2. The van der Waals surface area contributed by atoms with E-state index in [2.05, 4.69) is 29.5 Å². The number of fused-ring (bicyclic) bond motifs is 1. The van der Waals surface area contributed by atoms with Gasteiger partial charge in [-0.1, -0.05) is 37.6 Å². The number of rotatable bonds is 8. The molecule has 0 radical (unpaired) electrons. The Morgan fingerprint density at radius 1 is 1.14 bits per heavy atom. The molecule has 1 aliphatic heterocycles. The van der Waals surface area contributed by atoms with Crippen LogP contribution >= 0.6 is 11.6 Å². The molecule has 1 aliphatic carbocycles. The van der Waals surface area contributed by atoms with Crippen LogP contribution in [0.15, 0.2) is 47.4 Å². The number of hydrogen-bond acceptors (Lipinski definition) is 5. The Labute approximate surface area is 214 Å². The van der Waals surface area contributed by atoms with Crippen LogP contribution in [0.2, 0.25) is 5.02 Å². The summed E-state index contributed by atoms with van der Waals surface area (Å²) < 4.78 is 1.34. The van der Waals surface area contributed by atoms with Crippen LogP contribution in [-0.2, 0) is 17.9 Å². The Bertz CT molecular complexity index is 1370. The van der Waals surface area contributed by atoms with Crippen LogP contribution in [-0.4, -0.2) is 45.9 Å². The summed E-state index contributed by atoms with van der Waals surface area (Å²) in [4.78, 5) is 45.9. The molecular formula is C27H30ClN5O3. The standard InChI is InChI=1S/C27H30ClN5O3/c1-27(2)15-32(16-27)23(34)14-33-24-20(22(9-10-29-24)30-12-17-3-4-17)11-21(26(33)36)25(35)31-13-18-5-7-19(28)8-6-18/h5-11,17H,3-4,12-16H2,1-2H3,(H,29,30)(H,31,35). The lowest BCUT2D eigenvalue weighted by Gasteiger charge is -2.45. The van der Waals surface area contributed by atoms with Gasteiger partial charge in [0.1, 0.15) is 17.8 Å². The summed E-state index contributed by atoms with van der Waals surface area (Å²) in [5, 5.41) is 7.52. The van der Waals surface area contributed by atoms with E-state index >= 15 is 0 Å². The molecule has 36 heavy (non-hydrogen) atoms. The number of carbonyl (C=O) groups excluding carboxylic acids is 2. The Kier molecular flexibility index (Phi) is 6.47. The van der Waals surface area contributed by atoms with Crippen molar-refractivity contribution in [2.24, 2.45) is 11.3 Å². The average Bonchev–Trinajstić information content (AvgIpc) is 3.66. The fourth-order valence-corrected chi connectivity index (χ4v) is 4.71. The summed E-state index contributed by atoms with van der Waals surface area (Å²) in [6.45, 7) is 6.38. The van der Waals surface area contributed by atoms with Crippen LogP contribution in [0.1, 0.15) is 42.6 Å². The molecule has 3 heterocycles. The van der Waals surface area contributed by atoms with Crippen molar-refractivity contribution in [3.8, 4) is 0 Å². The SMILES string of the molecule is CC1(C)CN(C(=O)Cn2c(=O)c(C(=O)NCc3ccc(Cl)cc3)cc3c(NCC4CC4)ccnc32)C1. The first-order chi connectivity index (χ1) is 17.2. The second kappa shape index (κ2) is 9.58. The largest absolute Gasteiger partial charge is 0.384 e. The maximum Gasteiger partial charge on any atom is 0.265 e. The predicted molar refractivity (Wildman–Crippen MR) is 140 cm³/mol. The van der Waals surface area contributed by atoms with Crippen LogP contribution in [0.5, 0.6) is 0 Å². The highest BCUT2D eigenvalue weighted by Gasteiger charge is 2.37. The predicted octanol–water partition coefficient (Wildman–Crippen LogP) is 3.67. The number of nitrogens with zero attached hydrogens (tertiary/aromatic N) is 3. The van der Waals surface area contributed by atoms with E-state index in [0.29, 0.717) is 35.1 Å². The monoisotopic (exact) mass is 507 g/mol. The minimum absolute atomic E-state index is 0.0179. The Morgan fingerprint density at radius 2 is 1.86 bits per heavy atom. The first-order valence-corrected chi connectivity index (χ1v) is 12.6. The van der Waals surface area contributed by atoms with E-state index in [4.69, 9.17) is 11.6 Å². The van der Waals surface area contributed by atoms with Crippen molar-refractivity contribution in [3.05, 3.63) is 69.1 Å². The maximum atomic E-state index is 13.5. The number of anilines is 1. The topological polar surface area (TPSA) is 96.3 Å². The molecule has 1 saturated carbocycles. The van der Waals surface area contributed by atoms with Gasteiger partial charge in [-0.2, -0.15) is 0 Å². The average molecular weight is 508 g/mol. The van der Waals surface area contributed by atoms with E-state index in [-0.39, 0.29) is 30.0 Å². The third kappa shape index (κ3) is 5.23. The van der Waals surface area contributed by atoms with Gasteiger partial charge in [-0.05, 0) is 54.0 Å². The minimum Gasteiger partial charge on any atom is -0.384 e. The van der Waals surface area contributed by atoms with Crippen molar-refractivity contribution in [3.63, 3.8) is 0 Å². The molecule has 0 unspecified atom stereocenters. The molecule has 1 saturated heterocycles. The fourth-order valence-electron chi connectivity index (χ4n) is 4.59. The highest BCUT2D eigenvalue weighted by atomic mass is 35.5. The number of hydrogen-bond donors (Lipinski definition) is 2. The van der Waals surface area contributed by atoms with E-state index in [1.165, 1.54) is 17.4 Å². The summed E-state index contributed by atoms with van der Waals surface area (Å²) in [6.07, 6.45) is 4.02. The second-order valence-electron chi connectivity index (χ2n) is 10.6. The minimum atomic E-state index is -0.531. The third-order valence-corrected chi connectivity index (χ3v) is 7.01. The van der Waals surface area contributed by atoms with Crippen LogP contribution in [0.4, 0.5) is 5.69 Å². The Morgan fingerprint density at radius 3 is 2.53 bits per heavy atom. The lowest BCUT2D eigenvalue weighted by Crippen LogP contribution is -2.56. The summed E-state index contributed by atoms with van der Waals surface area (Å²) in [7, 11) is 0. The van der Waals surface area contributed by atoms with Gasteiger partial charge in [-0.25, -0.2) is 4.98 Å². The van der Waals surface area contributed by atoms with Gasteiger partial charge in [0.05, 0.1) is 0 Å². The molecule has 0 spiro atoms. The van der Waals surface area contributed by atoms with Gasteiger partial charge in [0.25, 0.3) is 11.5 Å². The molecule has 9 heteroatoms. The zero-order valence-electron chi connectivity index (χ0n) is 20.5. The number of amides is 2. The van der Waals surface area contributed by atoms with Crippen LogP contribution in [0.25, 0.3) is 11.0 Å². The number of halogens is 1. The summed E-state index contributed by atoms with van der Waals surface area (Å²) in [5.41, 5.74) is 1.57. The molecule has 2 aliphatic rings. The fraction of sp³-hybridized carbons (Fsp3) is 0.407. The van der Waals surface area contributed by atoms with Gasteiger partial charge in [0, 0.05) is 48.5 Å². The first kappa shape index (κ1) is 24.3. The highest BCUT2D eigenvalue weighted by Crippen LogP contribution is 2.31. The van der Waals surface area contributed by atoms with Crippen molar-refractivity contribution in [2.45, 2.75) is 39.8 Å². The summed E-state index contributed by atoms with van der Waals surface area (Å²) in [5.74, 6) is -0.0210. The summed E-state index contributed by atoms with van der Waals surface area (Å²) >= 11 is 5.95. The number of likely N-dealkylation sites (tertiary alicyclic amines) is 1. The first-order valence-electron chi connectivity index (χ1n) is 12.3. The quantitative estimate of drug-likeness (QED) is 0.485. The molecule has 3 aromatic rings. The van der Waals surface area contributed by atoms with E-state index in [9.17, 15) is 14.4 Å². The summed E-state index contributed by atoms with van der Waals surface area (Å²) in [6, 6.07) is 10.6. The molecule has 2 aromatic heterocycles. The van der Waals surface area contributed by atoms with E-state index in [0.717, 1.165) is 17.8 Å². The van der Waals surface area contributed by atoms with Gasteiger partial charge in [-0.3, -0.25) is 19.0 Å². The molecule has 5 rings (SSSR count). The molecular weight excluding hydrogens is 478 g/mol. The van der Waals surface area contributed by atoms with E-state index < -0.39 is 11.5 Å². The Hall–Kier alpha value is -3.39. The van der Waals surface area contributed by atoms with Gasteiger partial charge in [-0.15, -0.1) is 0 Å². The lowest BCUT2D eigenvalue weighted by molar-refractivity contribution is -0.142. The zero-order chi connectivity index (χ0) is 25.4. The molecule has 0 bridgehead atoms. The smallest absolute Gasteiger partial charge is 0.265 e. The molecule has 0 atom stereocenters. The number of nitrogens with one attached hydrogen (secondary N) is 2. The van der Waals surface area contributed by atoms with Gasteiger partial charge in [0.15, 0.2) is 0 Å². The van der Waals surface area contributed by atoms with Gasteiger partial charge >= 0.3 is 0 Å². The van der Waals surface area contributed by atoms with Crippen molar-refractivity contribution in [2.75, 3.05) is 25.0 Å². The van der Waals surface area contributed by atoms with Crippen molar-refractivity contribution in [1.82, 2.24) is 19.8 Å². The van der Waals surface area contributed by atoms with Crippen LogP contribution in [0.3, 0.4) is 0 Å². The maximum absolute atomic E-state index is 13.5.